The first-order valence-corrected chi connectivity index (χ1v) is 9.52. The summed E-state index contributed by atoms with van der Waals surface area (Å²) in [6.07, 6.45) is 3.23. The number of nitrogens with one attached hydrogen (secondary N) is 3. The van der Waals surface area contributed by atoms with Gasteiger partial charge in [0, 0.05) is 51.4 Å². The zero-order valence-corrected chi connectivity index (χ0v) is 16.1. The van der Waals surface area contributed by atoms with Gasteiger partial charge in [0.05, 0.1) is 6.10 Å². The molecule has 1 amide bonds. The molecule has 1 aliphatic rings. The van der Waals surface area contributed by atoms with Crippen molar-refractivity contribution in [2.75, 3.05) is 40.3 Å². The monoisotopic (exact) mass is 371 g/mol. The van der Waals surface area contributed by atoms with E-state index in [-0.39, 0.29) is 18.6 Å². The lowest BCUT2D eigenvalue weighted by molar-refractivity contribution is -0.127. The largest absolute Gasteiger partial charge is 0.376 e. The fraction of sp³-hybridized carbons (Fsp3) is 0.500. The number of aromatic nitrogens is 1. The number of aromatic amines is 1. The first-order valence-electron chi connectivity index (χ1n) is 9.52. The second-order valence-electron chi connectivity index (χ2n) is 7.03. The maximum Gasteiger partial charge on any atom is 0.243 e. The van der Waals surface area contributed by atoms with Crippen LogP contribution in [0.15, 0.2) is 35.3 Å². The normalized spacial score (nSPS) is 17.3. The second kappa shape index (κ2) is 9.41. The Hall–Kier alpha value is -2.54. The number of likely N-dealkylation sites (N-methyl/N-ethyl adjacent to an activating group) is 1. The summed E-state index contributed by atoms with van der Waals surface area (Å²) in [6, 6.07) is 10.4. The van der Waals surface area contributed by atoms with Crippen LogP contribution in [0.3, 0.4) is 0 Å². The number of hydrogen-bond acceptors (Lipinski definition) is 3. The third kappa shape index (κ3) is 5.72. The summed E-state index contributed by atoms with van der Waals surface area (Å²) < 4.78 is 5.65. The van der Waals surface area contributed by atoms with Gasteiger partial charge in [0.15, 0.2) is 5.96 Å². The van der Waals surface area contributed by atoms with Crippen LogP contribution in [0.5, 0.6) is 0 Å². The summed E-state index contributed by atoms with van der Waals surface area (Å²) in [5.74, 6) is 0.626. The molecule has 27 heavy (non-hydrogen) atoms. The van der Waals surface area contributed by atoms with Gasteiger partial charge in [-0.2, -0.15) is 0 Å². The van der Waals surface area contributed by atoms with Crippen molar-refractivity contribution in [1.82, 2.24) is 20.5 Å². The van der Waals surface area contributed by atoms with Crippen molar-refractivity contribution in [2.24, 2.45) is 4.99 Å². The molecule has 1 unspecified atom stereocenters. The molecular weight excluding hydrogens is 342 g/mol. The predicted molar refractivity (Wildman–Crippen MR) is 108 cm³/mol. The lowest BCUT2D eigenvalue weighted by Crippen LogP contribution is -2.42. The zero-order valence-electron chi connectivity index (χ0n) is 16.1. The molecule has 0 spiro atoms. The molecule has 1 saturated heterocycles. The highest BCUT2D eigenvalue weighted by Gasteiger charge is 2.15. The number of hydrogen-bond donors (Lipinski definition) is 3. The molecule has 2 aromatic rings. The molecule has 0 radical (unpaired) electrons. The Morgan fingerprint density at radius 3 is 2.93 bits per heavy atom. The third-order valence-electron chi connectivity index (χ3n) is 4.66. The molecule has 7 nitrogen and oxygen atoms in total. The van der Waals surface area contributed by atoms with E-state index in [0.29, 0.717) is 12.5 Å². The number of nitrogens with zero attached hydrogens (tertiary/aromatic N) is 2. The highest BCUT2D eigenvalue weighted by Crippen LogP contribution is 2.14. The maximum absolute atomic E-state index is 11.8. The molecule has 3 N–H and O–H groups in total. The molecule has 1 aromatic carbocycles. The Morgan fingerprint density at radius 2 is 2.19 bits per heavy atom. The van der Waals surface area contributed by atoms with E-state index in [0.717, 1.165) is 37.9 Å². The first-order chi connectivity index (χ1) is 13.1. The molecule has 1 fully saturated rings. The summed E-state index contributed by atoms with van der Waals surface area (Å²) >= 11 is 0. The van der Waals surface area contributed by atoms with Crippen molar-refractivity contribution in [3.63, 3.8) is 0 Å². The van der Waals surface area contributed by atoms with Gasteiger partial charge >= 0.3 is 0 Å². The zero-order chi connectivity index (χ0) is 19.1. The van der Waals surface area contributed by atoms with Crippen LogP contribution in [0.1, 0.15) is 18.5 Å². The van der Waals surface area contributed by atoms with Crippen LogP contribution in [0, 0.1) is 0 Å². The lowest BCUT2D eigenvalue weighted by atomic mass is 10.2. The van der Waals surface area contributed by atoms with Crippen molar-refractivity contribution in [1.29, 1.82) is 0 Å². The number of carbonyl (C=O) groups excluding carboxylic acids is 1. The minimum Gasteiger partial charge on any atom is -0.376 e. The number of H-pyrrole nitrogens is 1. The molecule has 1 atom stereocenters. The summed E-state index contributed by atoms with van der Waals surface area (Å²) in [5, 5.41) is 7.84. The van der Waals surface area contributed by atoms with E-state index in [2.05, 4.69) is 38.8 Å². The number of carbonyl (C=O) groups is 1. The summed E-state index contributed by atoms with van der Waals surface area (Å²) in [7, 11) is 3.47. The Morgan fingerprint density at radius 1 is 1.33 bits per heavy atom. The smallest absolute Gasteiger partial charge is 0.243 e. The van der Waals surface area contributed by atoms with E-state index in [1.54, 1.807) is 19.0 Å². The molecule has 1 aromatic heterocycles. The molecule has 0 bridgehead atoms. The standard InChI is InChI=1S/C20H29N5O2/c1-25(2)19(26)14-23-20(22-13-17-7-5-11-27-17)21-10-9-16-12-15-6-3-4-8-18(15)24-16/h3-4,6,8,12,17,24H,5,7,9-11,13-14H2,1-2H3,(H2,21,22,23). The van der Waals surface area contributed by atoms with Gasteiger partial charge in [-0.15, -0.1) is 0 Å². The average Bonchev–Trinajstić information content (AvgIpc) is 3.32. The number of benzene rings is 1. The minimum atomic E-state index is -0.0242. The van der Waals surface area contributed by atoms with Crippen LogP contribution in [-0.4, -0.2) is 68.2 Å². The second-order valence-corrected chi connectivity index (χ2v) is 7.03. The van der Waals surface area contributed by atoms with Crippen molar-refractivity contribution >= 4 is 22.8 Å². The molecule has 146 valence electrons. The number of guanidine groups is 1. The van der Waals surface area contributed by atoms with E-state index in [9.17, 15) is 4.79 Å². The topological polar surface area (TPSA) is 81.8 Å². The van der Waals surface area contributed by atoms with Gasteiger partial charge in [-0.3, -0.25) is 4.79 Å². The van der Waals surface area contributed by atoms with E-state index in [1.165, 1.54) is 11.1 Å². The Kier molecular flexibility index (Phi) is 6.70. The Bertz CT molecular complexity index is 745. The van der Waals surface area contributed by atoms with Gasteiger partial charge in [-0.1, -0.05) is 18.2 Å². The number of para-hydroxylation sites is 1. The van der Waals surface area contributed by atoms with E-state index in [1.807, 2.05) is 12.1 Å². The molecule has 0 aliphatic carbocycles. The molecule has 1 aliphatic heterocycles. The van der Waals surface area contributed by atoms with Gasteiger partial charge in [-0.25, -0.2) is 4.99 Å². The third-order valence-corrected chi connectivity index (χ3v) is 4.66. The molecule has 0 saturated carbocycles. The molecule has 2 heterocycles. The maximum atomic E-state index is 11.8. The van der Waals surface area contributed by atoms with Crippen LogP contribution < -0.4 is 10.6 Å². The molecular formula is C20H29N5O2. The van der Waals surface area contributed by atoms with Crippen molar-refractivity contribution < 1.29 is 9.53 Å². The van der Waals surface area contributed by atoms with E-state index >= 15 is 0 Å². The number of aliphatic imine (C=N–C) groups is 1. The average molecular weight is 371 g/mol. The molecule has 3 rings (SSSR count). The van der Waals surface area contributed by atoms with Crippen molar-refractivity contribution in [3.05, 3.63) is 36.0 Å². The minimum absolute atomic E-state index is 0.0242. The first kappa shape index (κ1) is 19.2. The van der Waals surface area contributed by atoms with Gasteiger partial charge in [0.2, 0.25) is 5.91 Å². The SMILES string of the molecule is CN(C)C(=O)CN=C(NCCc1cc2ccccc2[nH]1)NCC1CCCO1. The van der Waals surface area contributed by atoms with Gasteiger partial charge < -0.3 is 25.3 Å². The van der Waals surface area contributed by atoms with Crippen LogP contribution >= 0.6 is 0 Å². The van der Waals surface area contributed by atoms with Crippen LogP contribution in [0.25, 0.3) is 10.9 Å². The molecule has 7 heteroatoms. The number of ether oxygens (including phenoxy) is 1. The van der Waals surface area contributed by atoms with Crippen LogP contribution in [-0.2, 0) is 16.0 Å². The highest BCUT2D eigenvalue weighted by molar-refractivity contribution is 5.85. The van der Waals surface area contributed by atoms with Gasteiger partial charge in [0.1, 0.15) is 6.54 Å². The van der Waals surface area contributed by atoms with E-state index in [4.69, 9.17) is 4.74 Å². The Labute approximate surface area is 160 Å². The Balaban J connectivity index is 1.53. The number of fused-ring (bicyclic) bond motifs is 1. The lowest BCUT2D eigenvalue weighted by Gasteiger charge is -2.16. The van der Waals surface area contributed by atoms with Crippen LogP contribution in [0.2, 0.25) is 0 Å². The van der Waals surface area contributed by atoms with E-state index < -0.39 is 0 Å². The summed E-state index contributed by atoms with van der Waals surface area (Å²) in [6.45, 7) is 2.38. The predicted octanol–water partition coefficient (Wildman–Crippen LogP) is 1.51. The summed E-state index contributed by atoms with van der Waals surface area (Å²) in [4.78, 5) is 21.2. The summed E-state index contributed by atoms with van der Waals surface area (Å²) in [5.41, 5.74) is 2.32. The van der Waals surface area contributed by atoms with Crippen molar-refractivity contribution in [3.8, 4) is 0 Å². The van der Waals surface area contributed by atoms with Crippen molar-refractivity contribution in [2.45, 2.75) is 25.4 Å². The quantitative estimate of drug-likeness (QED) is 0.509. The highest BCUT2D eigenvalue weighted by atomic mass is 16.5. The van der Waals surface area contributed by atoms with Gasteiger partial charge in [-0.05, 0) is 30.4 Å². The van der Waals surface area contributed by atoms with Crippen LogP contribution in [0.4, 0.5) is 0 Å². The van der Waals surface area contributed by atoms with Gasteiger partial charge in [0.25, 0.3) is 0 Å². The fourth-order valence-electron chi connectivity index (χ4n) is 3.06. The fourth-order valence-corrected chi connectivity index (χ4v) is 3.06. The number of rotatable bonds is 7. The number of amides is 1.